The molecule has 0 fully saturated rings. The molecule has 1 aromatic heterocycles. The standard InChI is InChI=1S/C7H11NO2/c1-6(2)4-9-7-3-8-10-5-7/h3,5-6H,4H2,1-2H3. The Balaban J connectivity index is 2.28. The Bertz CT molecular complexity index is 170. The average Bonchev–Trinajstić information content (AvgIpc) is 2.34. The molecule has 1 rings (SSSR count). The van der Waals surface area contributed by atoms with Gasteiger partial charge in [0.2, 0.25) is 0 Å². The van der Waals surface area contributed by atoms with Gasteiger partial charge in [-0.15, -0.1) is 0 Å². The second-order valence-corrected chi connectivity index (χ2v) is 2.56. The highest BCUT2D eigenvalue weighted by atomic mass is 16.5. The van der Waals surface area contributed by atoms with E-state index < -0.39 is 0 Å². The molecule has 0 saturated carbocycles. The highest BCUT2D eigenvalue weighted by Gasteiger charge is 1.97. The maximum atomic E-state index is 5.25. The molecule has 0 aliphatic carbocycles. The Morgan fingerprint density at radius 2 is 2.50 bits per heavy atom. The van der Waals surface area contributed by atoms with E-state index in [1.165, 1.54) is 6.26 Å². The minimum Gasteiger partial charge on any atom is -0.488 e. The van der Waals surface area contributed by atoms with Crippen LogP contribution in [-0.4, -0.2) is 11.8 Å². The molecule has 0 aliphatic heterocycles. The molecular weight excluding hydrogens is 130 g/mol. The van der Waals surface area contributed by atoms with Crippen LogP contribution in [0.1, 0.15) is 13.8 Å². The summed E-state index contributed by atoms with van der Waals surface area (Å²) < 4.78 is 9.82. The van der Waals surface area contributed by atoms with Crippen molar-refractivity contribution in [1.82, 2.24) is 5.16 Å². The van der Waals surface area contributed by atoms with E-state index in [1.54, 1.807) is 6.20 Å². The molecule has 3 nitrogen and oxygen atoms in total. The Kier molecular flexibility index (Phi) is 2.31. The zero-order valence-corrected chi connectivity index (χ0v) is 6.20. The van der Waals surface area contributed by atoms with Crippen molar-refractivity contribution >= 4 is 0 Å². The van der Waals surface area contributed by atoms with Crippen molar-refractivity contribution in [2.45, 2.75) is 13.8 Å². The minimum atomic E-state index is 0.537. The van der Waals surface area contributed by atoms with Gasteiger partial charge in [-0.05, 0) is 5.92 Å². The number of ether oxygens (including phenoxy) is 1. The molecule has 0 atom stereocenters. The van der Waals surface area contributed by atoms with E-state index in [1.807, 2.05) is 0 Å². The number of hydrogen-bond acceptors (Lipinski definition) is 3. The molecule has 0 aliphatic rings. The molecule has 1 aromatic rings. The van der Waals surface area contributed by atoms with E-state index in [9.17, 15) is 0 Å². The lowest BCUT2D eigenvalue weighted by atomic mass is 10.2. The third-order valence-electron chi connectivity index (χ3n) is 0.993. The fourth-order valence-corrected chi connectivity index (χ4v) is 0.529. The van der Waals surface area contributed by atoms with Crippen LogP contribution in [0.3, 0.4) is 0 Å². The number of aromatic nitrogens is 1. The molecule has 0 N–H and O–H groups in total. The van der Waals surface area contributed by atoms with Gasteiger partial charge in [-0.25, -0.2) is 0 Å². The molecule has 10 heavy (non-hydrogen) atoms. The number of rotatable bonds is 3. The van der Waals surface area contributed by atoms with Crippen LogP contribution in [0.15, 0.2) is 17.0 Å². The van der Waals surface area contributed by atoms with Crippen LogP contribution in [0.5, 0.6) is 5.75 Å². The van der Waals surface area contributed by atoms with E-state index in [0.717, 1.165) is 0 Å². The maximum Gasteiger partial charge on any atom is 0.178 e. The summed E-state index contributed by atoms with van der Waals surface area (Å²) >= 11 is 0. The van der Waals surface area contributed by atoms with Crippen molar-refractivity contribution in [2.24, 2.45) is 5.92 Å². The van der Waals surface area contributed by atoms with Crippen molar-refractivity contribution in [2.75, 3.05) is 6.61 Å². The first-order chi connectivity index (χ1) is 4.79. The van der Waals surface area contributed by atoms with E-state index in [2.05, 4.69) is 23.5 Å². The van der Waals surface area contributed by atoms with Gasteiger partial charge in [0, 0.05) is 0 Å². The normalized spacial score (nSPS) is 10.3. The van der Waals surface area contributed by atoms with Crippen LogP contribution < -0.4 is 4.74 Å². The third-order valence-corrected chi connectivity index (χ3v) is 0.993. The predicted octanol–water partition coefficient (Wildman–Crippen LogP) is 1.71. The van der Waals surface area contributed by atoms with Crippen molar-refractivity contribution < 1.29 is 9.26 Å². The molecule has 0 spiro atoms. The summed E-state index contributed by atoms with van der Waals surface area (Å²) in [6.45, 7) is 4.89. The summed E-state index contributed by atoms with van der Waals surface area (Å²) in [5.41, 5.74) is 0. The van der Waals surface area contributed by atoms with Gasteiger partial charge in [-0.2, -0.15) is 0 Å². The van der Waals surface area contributed by atoms with Gasteiger partial charge in [-0.3, -0.25) is 0 Å². The van der Waals surface area contributed by atoms with Gasteiger partial charge >= 0.3 is 0 Å². The second kappa shape index (κ2) is 3.25. The highest BCUT2D eigenvalue weighted by Crippen LogP contribution is 2.08. The molecule has 0 bridgehead atoms. The summed E-state index contributed by atoms with van der Waals surface area (Å²) in [5.74, 6) is 1.24. The summed E-state index contributed by atoms with van der Waals surface area (Å²) in [4.78, 5) is 0. The molecule has 3 heteroatoms. The molecule has 0 radical (unpaired) electrons. The summed E-state index contributed by atoms with van der Waals surface area (Å²) in [6.07, 6.45) is 3.05. The number of hydrogen-bond donors (Lipinski definition) is 0. The zero-order chi connectivity index (χ0) is 7.40. The second-order valence-electron chi connectivity index (χ2n) is 2.56. The molecule has 0 amide bonds. The lowest BCUT2D eigenvalue weighted by Crippen LogP contribution is -2.03. The SMILES string of the molecule is CC(C)COc1cnoc1. The molecule has 0 aromatic carbocycles. The Morgan fingerprint density at radius 3 is 3.00 bits per heavy atom. The van der Waals surface area contributed by atoms with Crippen LogP contribution in [0.4, 0.5) is 0 Å². The van der Waals surface area contributed by atoms with E-state index >= 15 is 0 Å². The van der Waals surface area contributed by atoms with Gasteiger partial charge < -0.3 is 9.26 Å². The van der Waals surface area contributed by atoms with Crippen LogP contribution in [0.2, 0.25) is 0 Å². The van der Waals surface area contributed by atoms with Gasteiger partial charge in [0.05, 0.1) is 6.61 Å². The van der Waals surface area contributed by atoms with E-state index in [-0.39, 0.29) is 0 Å². The zero-order valence-electron chi connectivity index (χ0n) is 6.20. The first kappa shape index (κ1) is 7.12. The average molecular weight is 141 g/mol. The van der Waals surface area contributed by atoms with Crippen LogP contribution in [0, 0.1) is 5.92 Å². The Hall–Kier alpha value is -0.990. The topological polar surface area (TPSA) is 35.3 Å². The van der Waals surface area contributed by atoms with Crippen molar-refractivity contribution in [3.63, 3.8) is 0 Å². The van der Waals surface area contributed by atoms with Gasteiger partial charge in [0.25, 0.3) is 0 Å². The lowest BCUT2D eigenvalue weighted by molar-refractivity contribution is 0.268. The van der Waals surface area contributed by atoms with E-state index in [4.69, 9.17) is 4.74 Å². The molecular formula is C7H11NO2. The molecule has 1 heterocycles. The first-order valence-electron chi connectivity index (χ1n) is 3.31. The number of nitrogens with zero attached hydrogens (tertiary/aromatic N) is 1. The molecule has 0 saturated heterocycles. The highest BCUT2D eigenvalue weighted by molar-refractivity contribution is 5.07. The van der Waals surface area contributed by atoms with Gasteiger partial charge in [-0.1, -0.05) is 19.0 Å². The van der Waals surface area contributed by atoms with E-state index in [0.29, 0.717) is 18.3 Å². The van der Waals surface area contributed by atoms with Gasteiger partial charge in [0.1, 0.15) is 6.20 Å². The maximum absolute atomic E-state index is 5.25. The third kappa shape index (κ3) is 2.09. The monoisotopic (exact) mass is 141 g/mol. The summed E-state index contributed by atoms with van der Waals surface area (Å²) in [7, 11) is 0. The molecule has 56 valence electrons. The van der Waals surface area contributed by atoms with Crippen molar-refractivity contribution in [3.05, 3.63) is 12.5 Å². The largest absolute Gasteiger partial charge is 0.488 e. The van der Waals surface area contributed by atoms with Gasteiger partial charge in [0.15, 0.2) is 12.0 Å². The van der Waals surface area contributed by atoms with Crippen LogP contribution >= 0.6 is 0 Å². The summed E-state index contributed by atoms with van der Waals surface area (Å²) in [5, 5.41) is 3.50. The summed E-state index contributed by atoms with van der Waals surface area (Å²) in [6, 6.07) is 0. The van der Waals surface area contributed by atoms with Crippen LogP contribution in [-0.2, 0) is 0 Å². The smallest absolute Gasteiger partial charge is 0.178 e. The molecule has 0 unspecified atom stereocenters. The predicted molar refractivity (Wildman–Crippen MR) is 36.8 cm³/mol. The minimum absolute atomic E-state index is 0.537. The van der Waals surface area contributed by atoms with Crippen molar-refractivity contribution in [1.29, 1.82) is 0 Å². The lowest BCUT2D eigenvalue weighted by Gasteiger charge is -2.03. The first-order valence-corrected chi connectivity index (χ1v) is 3.31. The Morgan fingerprint density at radius 1 is 1.70 bits per heavy atom. The quantitative estimate of drug-likeness (QED) is 0.642. The van der Waals surface area contributed by atoms with Crippen LogP contribution in [0.25, 0.3) is 0 Å². The Labute approximate surface area is 60.0 Å². The fraction of sp³-hybridized carbons (Fsp3) is 0.571. The fourth-order valence-electron chi connectivity index (χ4n) is 0.529. The van der Waals surface area contributed by atoms with Crippen molar-refractivity contribution in [3.8, 4) is 5.75 Å².